The van der Waals surface area contributed by atoms with Crippen molar-refractivity contribution < 1.29 is 26.2 Å². The smallest absolute Gasteiger partial charge is 0.113 e. The van der Waals surface area contributed by atoms with Crippen LogP contribution in [0.15, 0.2) is 108 Å². The summed E-state index contributed by atoms with van der Waals surface area (Å²) in [6.45, 7) is 9.12. The minimum Gasteiger partial charge on any atom is -0.113 e. The van der Waals surface area contributed by atoms with Crippen molar-refractivity contribution in [3.8, 4) is 22.3 Å². The second kappa shape index (κ2) is 9.90. The van der Waals surface area contributed by atoms with Crippen LogP contribution in [0.25, 0.3) is 34.4 Å². The molecule has 0 radical (unpaired) electrons. The first-order valence-corrected chi connectivity index (χ1v) is 16.6. The van der Waals surface area contributed by atoms with Crippen molar-refractivity contribution in [3.63, 3.8) is 0 Å². The Morgan fingerprint density at radius 1 is 0.526 bits per heavy atom. The molecule has 0 spiro atoms. The van der Waals surface area contributed by atoms with Gasteiger partial charge in [0.05, 0.1) is 8.99 Å². The van der Waals surface area contributed by atoms with Gasteiger partial charge in [0.15, 0.2) is 0 Å². The number of allylic oxidation sites excluding steroid dienone is 2. The summed E-state index contributed by atoms with van der Waals surface area (Å²) in [4.78, 5) is 0. The third kappa shape index (κ3) is 3.71. The number of halogens is 2. The fourth-order valence-corrected chi connectivity index (χ4v) is 12.5. The van der Waals surface area contributed by atoms with E-state index < -0.39 is 17.1 Å². The van der Waals surface area contributed by atoms with Crippen LogP contribution >= 0.6 is 23.2 Å². The van der Waals surface area contributed by atoms with Crippen molar-refractivity contribution >= 4 is 43.4 Å². The summed E-state index contributed by atoms with van der Waals surface area (Å²) in [5, 5.41) is 0. The van der Waals surface area contributed by atoms with Gasteiger partial charge < -0.3 is 0 Å². The van der Waals surface area contributed by atoms with Gasteiger partial charge in [-0.15, -0.1) is 23.2 Å². The Bertz CT molecular complexity index is 1470. The Hall–Kier alpha value is -1.96. The van der Waals surface area contributed by atoms with Crippen molar-refractivity contribution in [2.45, 2.75) is 35.9 Å². The van der Waals surface area contributed by atoms with Gasteiger partial charge in [-0.1, -0.05) is 133 Å². The van der Waals surface area contributed by atoms with E-state index in [1.807, 2.05) is 0 Å². The molecule has 38 heavy (non-hydrogen) atoms. The maximum Gasteiger partial charge on any atom is 0.117 e. The van der Waals surface area contributed by atoms with E-state index in [0.717, 1.165) is 0 Å². The molecule has 0 saturated heterocycles. The quantitative estimate of drug-likeness (QED) is 0.156. The summed E-state index contributed by atoms with van der Waals surface area (Å²) in [7, 11) is -2.57. The third-order valence-electron chi connectivity index (χ3n) is 8.66. The third-order valence-corrected chi connectivity index (χ3v) is 17.3. The van der Waals surface area contributed by atoms with Crippen molar-refractivity contribution in [1.82, 2.24) is 0 Å². The average molecular weight is 629 g/mol. The maximum absolute atomic E-state index is 7.94. The molecular weight excluding hydrogens is 599 g/mol. The summed E-state index contributed by atoms with van der Waals surface area (Å²) in [5.41, 5.74) is 12.0. The molecule has 0 saturated carbocycles. The predicted octanol–water partition coefficient (Wildman–Crippen LogP) is 10.2. The zero-order valence-corrected chi connectivity index (χ0v) is 27.1. The molecule has 2 aliphatic rings. The van der Waals surface area contributed by atoms with E-state index in [0.29, 0.717) is 0 Å². The molecule has 0 N–H and O–H groups in total. The molecule has 0 heterocycles. The fourth-order valence-electron chi connectivity index (χ4n) is 6.73. The first-order chi connectivity index (χ1) is 17.7. The Balaban J connectivity index is 0.00000294. The SMILES string of the molecule is CC1=Cc2c(-c3ccccc3)cccc2C1(Cl)[Si](C)(C)C1(Cl)C(C)=Cc2c(-c3ccccc3)cccc21.[Zr]. The van der Waals surface area contributed by atoms with Crippen LogP contribution < -0.4 is 0 Å². The number of alkyl halides is 2. The van der Waals surface area contributed by atoms with Crippen molar-refractivity contribution in [2.24, 2.45) is 0 Å². The molecule has 0 amide bonds. The number of rotatable bonds is 4. The zero-order chi connectivity index (χ0) is 26.0. The largest absolute Gasteiger partial charge is 0.117 e. The molecule has 0 nitrogen and oxygen atoms in total. The molecule has 4 aromatic rings. The minimum atomic E-state index is -2.57. The van der Waals surface area contributed by atoms with Crippen LogP contribution in [0.2, 0.25) is 13.1 Å². The summed E-state index contributed by atoms with van der Waals surface area (Å²) < 4.78 is -1.29. The Labute approximate surface area is 256 Å². The van der Waals surface area contributed by atoms with Gasteiger partial charge in [0, 0.05) is 26.2 Å². The standard InChI is InChI=1S/C34H30Cl2Si.Zr/c1-23-21-29-27(25-13-7-5-8-14-25)17-11-19-31(29)33(23,35)37(3,4)34(36)24(2)22-30-28(18-12-20-32(30)34)26-15-9-6-10-16-26;/h5-22H,1-4H3;. The number of fused-ring (bicyclic) bond motifs is 2. The molecule has 4 heteroatoms. The number of benzene rings is 4. The average Bonchev–Trinajstić information content (AvgIpc) is 3.35. The molecule has 2 aliphatic carbocycles. The molecule has 0 aliphatic heterocycles. The van der Waals surface area contributed by atoms with E-state index in [-0.39, 0.29) is 26.2 Å². The molecule has 0 bridgehead atoms. The topological polar surface area (TPSA) is 0 Å². The van der Waals surface area contributed by atoms with E-state index in [1.54, 1.807) is 0 Å². The van der Waals surface area contributed by atoms with Crippen LogP contribution in [0.5, 0.6) is 0 Å². The van der Waals surface area contributed by atoms with Crippen LogP contribution in [-0.2, 0) is 35.2 Å². The van der Waals surface area contributed by atoms with Gasteiger partial charge in [-0.3, -0.25) is 0 Å². The minimum absolute atomic E-state index is 0. The predicted molar refractivity (Wildman–Crippen MR) is 164 cm³/mol. The summed E-state index contributed by atoms with van der Waals surface area (Å²) in [6, 6.07) is 34.3. The fraction of sp³-hybridized carbons (Fsp3) is 0.176. The van der Waals surface area contributed by atoms with Gasteiger partial charge in [-0.2, -0.15) is 0 Å². The van der Waals surface area contributed by atoms with Gasteiger partial charge in [-0.05, 0) is 58.4 Å². The van der Waals surface area contributed by atoms with Gasteiger partial charge in [-0.25, -0.2) is 0 Å². The van der Waals surface area contributed by atoms with E-state index >= 15 is 0 Å². The molecule has 2 atom stereocenters. The van der Waals surface area contributed by atoms with Gasteiger partial charge >= 0.3 is 0 Å². The Morgan fingerprint density at radius 3 is 1.26 bits per heavy atom. The molecule has 188 valence electrons. The van der Waals surface area contributed by atoms with Gasteiger partial charge in [0.25, 0.3) is 0 Å². The Kier molecular flexibility index (Phi) is 7.19. The maximum atomic E-state index is 7.94. The summed E-state index contributed by atoms with van der Waals surface area (Å²) in [5.74, 6) is 0. The zero-order valence-electron chi connectivity index (χ0n) is 22.1. The first-order valence-electron chi connectivity index (χ1n) is 12.8. The van der Waals surface area contributed by atoms with Crippen LogP contribution in [0, 0.1) is 0 Å². The molecular formula is C34H30Cl2SiZr. The van der Waals surface area contributed by atoms with E-state index in [1.165, 1.54) is 55.7 Å². The Morgan fingerprint density at radius 2 is 0.895 bits per heavy atom. The van der Waals surface area contributed by atoms with Crippen molar-refractivity contribution in [3.05, 3.63) is 130 Å². The van der Waals surface area contributed by atoms with Crippen molar-refractivity contribution in [2.75, 3.05) is 0 Å². The van der Waals surface area contributed by atoms with Crippen LogP contribution in [0.1, 0.15) is 36.1 Å². The first kappa shape index (κ1) is 27.6. The number of hydrogen-bond acceptors (Lipinski definition) is 0. The monoisotopic (exact) mass is 626 g/mol. The van der Waals surface area contributed by atoms with Crippen LogP contribution in [-0.4, -0.2) is 8.07 Å². The van der Waals surface area contributed by atoms with Crippen LogP contribution in [0.4, 0.5) is 0 Å². The molecule has 6 rings (SSSR count). The summed E-state index contributed by atoms with van der Waals surface area (Å²) >= 11 is 15.9. The molecule has 0 fully saturated rings. The second-order valence-corrected chi connectivity index (χ2v) is 17.4. The van der Waals surface area contributed by atoms with Crippen LogP contribution in [0.3, 0.4) is 0 Å². The number of hydrogen-bond donors (Lipinski definition) is 0. The van der Waals surface area contributed by atoms with E-state index in [9.17, 15) is 0 Å². The normalized spacial score (nSPS) is 21.7. The van der Waals surface area contributed by atoms with Crippen molar-refractivity contribution in [1.29, 1.82) is 0 Å². The molecule has 2 unspecified atom stereocenters. The van der Waals surface area contributed by atoms with E-state index in [4.69, 9.17) is 23.2 Å². The molecule has 0 aromatic heterocycles. The van der Waals surface area contributed by atoms with Gasteiger partial charge in [0.1, 0.15) is 8.07 Å². The molecule has 4 aromatic carbocycles. The second-order valence-electron chi connectivity index (χ2n) is 10.9. The summed E-state index contributed by atoms with van der Waals surface area (Å²) in [6.07, 6.45) is 4.60. The van der Waals surface area contributed by atoms with E-state index in [2.05, 4.69) is 136 Å². The van der Waals surface area contributed by atoms with Gasteiger partial charge in [0.2, 0.25) is 0 Å².